The van der Waals surface area contributed by atoms with Crippen molar-refractivity contribution in [3.63, 3.8) is 0 Å². The largest absolute Gasteiger partial charge is 0.338 e. The van der Waals surface area contributed by atoms with Gasteiger partial charge in [-0.25, -0.2) is 9.37 Å². The van der Waals surface area contributed by atoms with Gasteiger partial charge in [-0.15, -0.1) is 0 Å². The highest BCUT2D eigenvalue weighted by atomic mass is 79.9. The molecule has 1 aromatic heterocycles. The van der Waals surface area contributed by atoms with Crippen LogP contribution in [0.3, 0.4) is 0 Å². The standard InChI is InChI=1S/C14H16BrFN2/c1-18-9-8-17-14(18)7-4-12(10-15)11-2-5-13(16)6-3-11/h2-3,5-6,8-9,12H,4,7,10H2,1H3. The zero-order chi connectivity index (χ0) is 13.0. The van der Waals surface area contributed by atoms with Crippen molar-refractivity contribution in [2.45, 2.75) is 18.8 Å². The third-order valence-electron chi connectivity index (χ3n) is 3.17. The first-order chi connectivity index (χ1) is 8.70. The Morgan fingerprint density at radius 3 is 2.61 bits per heavy atom. The molecule has 2 nitrogen and oxygen atoms in total. The number of rotatable bonds is 5. The maximum Gasteiger partial charge on any atom is 0.123 e. The molecule has 0 aliphatic carbocycles. The van der Waals surface area contributed by atoms with Gasteiger partial charge in [0.1, 0.15) is 11.6 Å². The molecule has 0 bridgehead atoms. The van der Waals surface area contributed by atoms with Crippen LogP contribution in [0.4, 0.5) is 4.39 Å². The predicted molar refractivity (Wildman–Crippen MR) is 74.5 cm³/mol. The van der Waals surface area contributed by atoms with Crippen molar-refractivity contribution in [1.29, 1.82) is 0 Å². The molecule has 2 rings (SSSR count). The van der Waals surface area contributed by atoms with Gasteiger partial charge in [-0.3, -0.25) is 0 Å². The number of hydrogen-bond donors (Lipinski definition) is 0. The number of aryl methyl sites for hydroxylation is 2. The molecule has 0 saturated heterocycles. The summed E-state index contributed by atoms with van der Waals surface area (Å²) in [4.78, 5) is 4.32. The van der Waals surface area contributed by atoms with E-state index in [1.807, 2.05) is 36.1 Å². The summed E-state index contributed by atoms with van der Waals surface area (Å²) in [7, 11) is 2.00. The van der Waals surface area contributed by atoms with E-state index in [0.717, 1.165) is 24.0 Å². The van der Waals surface area contributed by atoms with Gasteiger partial charge < -0.3 is 4.57 Å². The van der Waals surface area contributed by atoms with Crippen molar-refractivity contribution in [2.75, 3.05) is 5.33 Å². The monoisotopic (exact) mass is 310 g/mol. The van der Waals surface area contributed by atoms with Crippen LogP contribution in [-0.2, 0) is 13.5 Å². The molecule has 0 aliphatic heterocycles. The number of imidazole rings is 1. The van der Waals surface area contributed by atoms with E-state index >= 15 is 0 Å². The molecule has 18 heavy (non-hydrogen) atoms. The second-order valence-electron chi connectivity index (χ2n) is 4.40. The Kier molecular flexibility index (Phi) is 4.53. The Hall–Kier alpha value is -1.16. The molecule has 0 amide bonds. The van der Waals surface area contributed by atoms with Crippen LogP contribution in [0.15, 0.2) is 36.7 Å². The summed E-state index contributed by atoms with van der Waals surface area (Å²) in [6.45, 7) is 0. The molecule has 0 fully saturated rings. The van der Waals surface area contributed by atoms with E-state index in [9.17, 15) is 4.39 Å². The van der Waals surface area contributed by atoms with Crippen molar-refractivity contribution in [3.8, 4) is 0 Å². The minimum absolute atomic E-state index is 0.184. The van der Waals surface area contributed by atoms with Crippen LogP contribution in [0.1, 0.15) is 23.7 Å². The summed E-state index contributed by atoms with van der Waals surface area (Å²) in [6.07, 6.45) is 5.70. The lowest BCUT2D eigenvalue weighted by Gasteiger charge is -2.14. The Bertz CT molecular complexity index is 493. The van der Waals surface area contributed by atoms with Gasteiger partial charge in [0.15, 0.2) is 0 Å². The molecule has 0 aliphatic rings. The second-order valence-corrected chi connectivity index (χ2v) is 5.04. The Labute approximate surface area is 115 Å². The number of alkyl halides is 1. The summed E-state index contributed by atoms with van der Waals surface area (Å²) in [6, 6.07) is 6.76. The number of nitrogens with zero attached hydrogens (tertiary/aromatic N) is 2. The Balaban J connectivity index is 2.01. The zero-order valence-electron chi connectivity index (χ0n) is 10.3. The first-order valence-electron chi connectivity index (χ1n) is 5.98. The summed E-state index contributed by atoms with van der Waals surface area (Å²) in [5.74, 6) is 1.29. The van der Waals surface area contributed by atoms with Gasteiger partial charge in [0.25, 0.3) is 0 Å². The van der Waals surface area contributed by atoms with Gasteiger partial charge in [-0.2, -0.15) is 0 Å². The number of aromatic nitrogens is 2. The highest BCUT2D eigenvalue weighted by Crippen LogP contribution is 2.23. The average Bonchev–Trinajstić information content (AvgIpc) is 2.78. The summed E-state index contributed by atoms with van der Waals surface area (Å²) < 4.78 is 14.9. The lowest BCUT2D eigenvalue weighted by atomic mass is 9.96. The average molecular weight is 311 g/mol. The van der Waals surface area contributed by atoms with Gasteiger partial charge in [-0.05, 0) is 30.0 Å². The molecular formula is C14H16BrFN2. The van der Waals surface area contributed by atoms with Gasteiger partial charge in [0.2, 0.25) is 0 Å². The lowest BCUT2D eigenvalue weighted by Crippen LogP contribution is -2.05. The molecule has 1 aromatic carbocycles. The predicted octanol–water partition coefficient (Wildman–Crippen LogP) is 3.67. The number of benzene rings is 1. The molecule has 1 heterocycles. The van der Waals surface area contributed by atoms with Crippen LogP contribution >= 0.6 is 15.9 Å². The van der Waals surface area contributed by atoms with E-state index in [4.69, 9.17) is 0 Å². The minimum atomic E-state index is -0.184. The molecular weight excluding hydrogens is 295 g/mol. The molecule has 0 saturated carbocycles. The Morgan fingerprint density at radius 2 is 2.06 bits per heavy atom. The third kappa shape index (κ3) is 3.19. The Morgan fingerprint density at radius 1 is 1.33 bits per heavy atom. The molecule has 0 N–H and O–H groups in total. The molecule has 96 valence electrons. The zero-order valence-corrected chi connectivity index (χ0v) is 11.9. The van der Waals surface area contributed by atoms with E-state index < -0.39 is 0 Å². The topological polar surface area (TPSA) is 17.8 Å². The SMILES string of the molecule is Cn1ccnc1CCC(CBr)c1ccc(F)cc1. The maximum atomic E-state index is 12.9. The van der Waals surface area contributed by atoms with Crippen LogP contribution < -0.4 is 0 Å². The van der Waals surface area contributed by atoms with Gasteiger partial charge in [-0.1, -0.05) is 28.1 Å². The van der Waals surface area contributed by atoms with Crippen molar-refractivity contribution >= 4 is 15.9 Å². The van der Waals surface area contributed by atoms with Gasteiger partial charge >= 0.3 is 0 Å². The smallest absolute Gasteiger partial charge is 0.123 e. The fourth-order valence-corrected chi connectivity index (χ4v) is 2.71. The van der Waals surface area contributed by atoms with Crippen molar-refractivity contribution < 1.29 is 4.39 Å². The van der Waals surface area contributed by atoms with Crippen LogP contribution in [0, 0.1) is 5.82 Å². The van der Waals surface area contributed by atoms with E-state index in [0.29, 0.717) is 5.92 Å². The van der Waals surface area contributed by atoms with Crippen LogP contribution in [0.2, 0.25) is 0 Å². The van der Waals surface area contributed by atoms with Crippen LogP contribution in [0.25, 0.3) is 0 Å². The molecule has 2 aromatic rings. The summed E-state index contributed by atoms with van der Waals surface area (Å²) in [5.41, 5.74) is 1.17. The molecule has 1 atom stereocenters. The second kappa shape index (κ2) is 6.14. The van der Waals surface area contributed by atoms with Crippen LogP contribution in [0.5, 0.6) is 0 Å². The first-order valence-corrected chi connectivity index (χ1v) is 7.10. The van der Waals surface area contributed by atoms with E-state index in [1.54, 1.807) is 0 Å². The normalized spacial score (nSPS) is 12.6. The third-order valence-corrected chi connectivity index (χ3v) is 3.95. The molecule has 0 radical (unpaired) electrons. The van der Waals surface area contributed by atoms with E-state index in [-0.39, 0.29) is 5.82 Å². The van der Waals surface area contributed by atoms with Crippen molar-refractivity contribution in [1.82, 2.24) is 9.55 Å². The van der Waals surface area contributed by atoms with Crippen LogP contribution in [-0.4, -0.2) is 14.9 Å². The first kappa shape index (κ1) is 13.3. The van der Waals surface area contributed by atoms with Gasteiger partial charge in [0.05, 0.1) is 0 Å². The molecule has 1 unspecified atom stereocenters. The number of halogens is 2. The van der Waals surface area contributed by atoms with Crippen molar-refractivity contribution in [3.05, 3.63) is 53.9 Å². The van der Waals surface area contributed by atoms with E-state index in [1.165, 1.54) is 17.7 Å². The minimum Gasteiger partial charge on any atom is -0.338 e. The maximum absolute atomic E-state index is 12.9. The van der Waals surface area contributed by atoms with E-state index in [2.05, 4.69) is 20.9 Å². The quantitative estimate of drug-likeness (QED) is 0.770. The lowest BCUT2D eigenvalue weighted by molar-refractivity contribution is 0.621. The highest BCUT2D eigenvalue weighted by molar-refractivity contribution is 9.09. The highest BCUT2D eigenvalue weighted by Gasteiger charge is 2.11. The summed E-state index contributed by atoms with van der Waals surface area (Å²) in [5, 5.41) is 0.878. The molecule has 4 heteroatoms. The van der Waals surface area contributed by atoms with Gasteiger partial charge in [0, 0.05) is 31.2 Å². The fourth-order valence-electron chi connectivity index (χ4n) is 2.01. The summed E-state index contributed by atoms with van der Waals surface area (Å²) >= 11 is 3.53. The number of hydrogen-bond acceptors (Lipinski definition) is 1. The fraction of sp³-hybridized carbons (Fsp3) is 0.357. The molecule has 0 spiro atoms. The van der Waals surface area contributed by atoms with Crippen molar-refractivity contribution in [2.24, 2.45) is 7.05 Å².